The van der Waals surface area contributed by atoms with E-state index in [0.717, 1.165) is 35.0 Å². The molecule has 6 aliphatic rings. The van der Waals surface area contributed by atoms with Gasteiger partial charge in [-0.2, -0.15) is 0 Å². The second kappa shape index (κ2) is 11.3. The van der Waals surface area contributed by atoms with Crippen molar-refractivity contribution in [3.8, 4) is 0 Å². The molecule has 0 spiro atoms. The first-order valence-corrected chi connectivity index (χ1v) is 19.3. The fraction of sp³-hybridized carbons (Fsp3) is 0.436. The molecule has 7 unspecified atom stereocenters. The Balaban J connectivity index is 1.18. The van der Waals surface area contributed by atoms with Crippen molar-refractivity contribution < 1.29 is 0 Å². The third-order valence-corrected chi connectivity index (χ3v) is 18.3. The second-order valence-electron chi connectivity index (χ2n) is 13.7. The highest BCUT2D eigenvalue weighted by atomic mass is 31.1. The van der Waals surface area contributed by atoms with Crippen LogP contribution in [0.15, 0.2) is 120 Å². The Bertz CT molecular complexity index is 1340. The summed E-state index contributed by atoms with van der Waals surface area (Å²) in [7, 11) is -0.564. The minimum absolute atomic E-state index is 0.00877. The van der Waals surface area contributed by atoms with E-state index in [9.17, 15) is 0 Å². The molecule has 0 aromatic heterocycles. The summed E-state index contributed by atoms with van der Waals surface area (Å²) in [6.45, 7) is 2.68. The third kappa shape index (κ3) is 4.83. The second-order valence-corrected chi connectivity index (χ2v) is 19.0. The minimum Gasteiger partial charge on any atom is -0.0923 e. The topological polar surface area (TPSA) is 0 Å². The SMILES string of the molecule is C[C@@H](C1=CC=CC1=C1C=CC=CC1P(c1ccccc1)c1ccccc1)P(C1CC2CCC1C2)C1CC2CC[C@@H]1C2. The normalized spacial score (nSPS) is 36.4. The first kappa shape index (κ1) is 26.6. The molecule has 4 saturated carbocycles. The summed E-state index contributed by atoms with van der Waals surface area (Å²) in [6.07, 6.45) is 29.3. The molecule has 0 N–H and O–H groups in total. The number of rotatable bonds is 7. The van der Waals surface area contributed by atoms with Crippen molar-refractivity contribution in [1.29, 1.82) is 0 Å². The Morgan fingerprint density at radius 2 is 1.27 bits per heavy atom. The van der Waals surface area contributed by atoms with Gasteiger partial charge < -0.3 is 0 Å². The minimum atomic E-state index is -0.555. The van der Waals surface area contributed by atoms with E-state index >= 15 is 0 Å². The number of hydrogen-bond donors (Lipinski definition) is 0. The Hall–Kier alpha value is -2.00. The van der Waals surface area contributed by atoms with Gasteiger partial charge in [0, 0.05) is 11.3 Å². The lowest BCUT2D eigenvalue weighted by atomic mass is 9.95. The summed E-state index contributed by atoms with van der Waals surface area (Å²) in [4.78, 5) is 0. The molecular formula is C39H44P2. The lowest BCUT2D eigenvalue weighted by Crippen LogP contribution is -2.30. The van der Waals surface area contributed by atoms with Crippen LogP contribution in [0.25, 0.3) is 0 Å². The summed E-state index contributed by atoms with van der Waals surface area (Å²) < 4.78 is 0. The van der Waals surface area contributed by atoms with Gasteiger partial charge in [-0.1, -0.05) is 131 Å². The largest absolute Gasteiger partial charge is 0.0923 e. The highest BCUT2D eigenvalue weighted by Gasteiger charge is 2.52. The van der Waals surface area contributed by atoms with E-state index in [-0.39, 0.29) is 7.92 Å². The van der Waals surface area contributed by atoms with Gasteiger partial charge in [-0.25, -0.2) is 0 Å². The Kier molecular flexibility index (Phi) is 7.30. The number of fused-ring (bicyclic) bond motifs is 4. The summed E-state index contributed by atoms with van der Waals surface area (Å²) in [5.41, 5.74) is 7.94. The van der Waals surface area contributed by atoms with Crippen LogP contribution in [0, 0.1) is 23.7 Å². The van der Waals surface area contributed by atoms with Crippen LogP contribution in [0.2, 0.25) is 0 Å². The lowest BCUT2D eigenvalue weighted by Gasteiger charge is -2.43. The van der Waals surface area contributed by atoms with Crippen LogP contribution in [0.5, 0.6) is 0 Å². The smallest absolute Gasteiger partial charge is 0.0310 e. The van der Waals surface area contributed by atoms with Gasteiger partial charge in [0.15, 0.2) is 0 Å². The van der Waals surface area contributed by atoms with Crippen molar-refractivity contribution in [3.63, 3.8) is 0 Å². The van der Waals surface area contributed by atoms with Crippen molar-refractivity contribution in [1.82, 2.24) is 0 Å². The van der Waals surface area contributed by atoms with Gasteiger partial charge in [-0.3, -0.25) is 0 Å². The molecule has 8 rings (SSSR count). The Labute approximate surface area is 250 Å². The first-order valence-electron chi connectivity index (χ1n) is 16.4. The predicted octanol–water partition coefficient (Wildman–Crippen LogP) is 9.65. The molecule has 0 heterocycles. The average molecular weight is 575 g/mol. The van der Waals surface area contributed by atoms with Gasteiger partial charge in [0.05, 0.1) is 0 Å². The van der Waals surface area contributed by atoms with Gasteiger partial charge >= 0.3 is 0 Å². The quantitative estimate of drug-likeness (QED) is 0.289. The fourth-order valence-electron chi connectivity index (χ4n) is 9.85. The summed E-state index contributed by atoms with van der Waals surface area (Å²) in [5.74, 6) is 4.16. The van der Waals surface area contributed by atoms with E-state index in [0.29, 0.717) is 11.3 Å². The molecule has 0 aliphatic heterocycles. The van der Waals surface area contributed by atoms with Crippen LogP contribution in [0.1, 0.15) is 58.3 Å². The van der Waals surface area contributed by atoms with E-state index in [1.165, 1.54) is 36.3 Å². The Morgan fingerprint density at radius 3 is 1.80 bits per heavy atom. The fourth-order valence-corrected chi connectivity index (χ4v) is 17.3. The van der Waals surface area contributed by atoms with Gasteiger partial charge in [0.25, 0.3) is 0 Å². The van der Waals surface area contributed by atoms with Crippen LogP contribution >= 0.6 is 15.8 Å². The van der Waals surface area contributed by atoms with Crippen molar-refractivity contribution in [2.75, 3.05) is 0 Å². The highest BCUT2D eigenvalue weighted by Crippen LogP contribution is 2.70. The average Bonchev–Trinajstić information content (AvgIpc) is 3.86. The first-order chi connectivity index (χ1) is 20.2. The van der Waals surface area contributed by atoms with Crippen LogP contribution in [0.4, 0.5) is 0 Å². The molecule has 0 nitrogen and oxygen atoms in total. The van der Waals surface area contributed by atoms with Gasteiger partial charge in [0.2, 0.25) is 0 Å². The molecule has 210 valence electrons. The molecule has 9 atom stereocenters. The Morgan fingerprint density at radius 1 is 0.659 bits per heavy atom. The molecule has 6 aliphatic carbocycles. The molecule has 0 amide bonds. The molecule has 0 saturated heterocycles. The van der Waals surface area contributed by atoms with Crippen molar-refractivity contribution in [2.45, 2.75) is 80.9 Å². The van der Waals surface area contributed by atoms with Crippen molar-refractivity contribution in [3.05, 3.63) is 120 Å². The van der Waals surface area contributed by atoms with Crippen LogP contribution in [-0.4, -0.2) is 22.6 Å². The molecule has 4 fully saturated rings. The van der Waals surface area contributed by atoms with E-state index < -0.39 is 7.92 Å². The molecule has 2 aromatic carbocycles. The molecule has 0 radical (unpaired) electrons. The molecule has 2 aromatic rings. The standard InChI is InChI=1S/C39H44P2/c1-27(40(38-25-28-19-21-30(38)23-28)39-26-29-20-22-31(39)24-29)34-16-10-17-35(34)36-15-8-9-18-37(36)41(32-11-4-2-5-12-32)33-13-6-3-7-14-33/h2-18,27-31,37-39H,19-26H2,1H3/t27-,28?,29?,30+,31?,37?,38?,39?,40?/m0/s1. The van der Waals surface area contributed by atoms with E-state index in [2.05, 4.69) is 110 Å². The summed E-state index contributed by atoms with van der Waals surface area (Å²) in [5, 5.41) is 2.95. The van der Waals surface area contributed by atoms with E-state index in [1.807, 2.05) is 0 Å². The zero-order chi connectivity index (χ0) is 27.3. The van der Waals surface area contributed by atoms with Crippen molar-refractivity contribution >= 4 is 26.5 Å². The van der Waals surface area contributed by atoms with Crippen molar-refractivity contribution in [2.24, 2.45) is 23.7 Å². The molecule has 41 heavy (non-hydrogen) atoms. The van der Waals surface area contributed by atoms with Crippen LogP contribution in [0.3, 0.4) is 0 Å². The van der Waals surface area contributed by atoms with Crippen LogP contribution < -0.4 is 10.6 Å². The number of allylic oxidation sites excluding steroid dienone is 10. The monoisotopic (exact) mass is 574 g/mol. The summed E-state index contributed by atoms with van der Waals surface area (Å²) in [6, 6.07) is 22.7. The third-order valence-electron chi connectivity index (χ3n) is 11.6. The van der Waals surface area contributed by atoms with E-state index in [1.54, 1.807) is 42.4 Å². The predicted molar refractivity (Wildman–Crippen MR) is 180 cm³/mol. The number of hydrogen-bond acceptors (Lipinski definition) is 0. The maximum Gasteiger partial charge on any atom is 0.0310 e. The molecule has 4 bridgehead atoms. The zero-order valence-electron chi connectivity index (χ0n) is 24.5. The number of benzene rings is 2. The molecular weight excluding hydrogens is 530 g/mol. The molecule has 2 heteroatoms. The van der Waals surface area contributed by atoms with Crippen LogP contribution in [-0.2, 0) is 0 Å². The van der Waals surface area contributed by atoms with E-state index in [4.69, 9.17) is 0 Å². The lowest BCUT2D eigenvalue weighted by molar-refractivity contribution is 0.459. The van der Waals surface area contributed by atoms with Gasteiger partial charge in [0.1, 0.15) is 0 Å². The van der Waals surface area contributed by atoms with Gasteiger partial charge in [-0.15, -0.1) is 0 Å². The summed E-state index contributed by atoms with van der Waals surface area (Å²) >= 11 is 0. The highest BCUT2D eigenvalue weighted by molar-refractivity contribution is 7.74. The maximum atomic E-state index is 2.68. The zero-order valence-corrected chi connectivity index (χ0v) is 26.3. The van der Waals surface area contributed by atoms with Gasteiger partial charge in [-0.05, 0) is 109 Å². The maximum absolute atomic E-state index is 2.68.